The van der Waals surface area contributed by atoms with E-state index < -0.39 is 0 Å². The number of hydrogen-bond acceptors (Lipinski definition) is 4. The van der Waals surface area contributed by atoms with Crippen LogP contribution in [-0.2, 0) is 0 Å². The molecule has 5 nitrogen and oxygen atoms in total. The molecule has 0 aliphatic carbocycles. The largest absolute Gasteiger partial charge is 0.298 e. The van der Waals surface area contributed by atoms with Crippen molar-refractivity contribution in [1.29, 1.82) is 0 Å². The van der Waals surface area contributed by atoms with E-state index in [1.807, 2.05) is 18.5 Å². The maximum absolute atomic E-state index is 4.52. The standard InChI is InChI=1S/C12H15N5/c1-17-6-2-3-12(17)11-8-13-10(7-14-11)9-4-5-15-16-9/h4-5,7-8,12H,2-3,6H2,1H3,(H,15,16)/t12-/m1/s1. The van der Waals surface area contributed by atoms with E-state index in [0.717, 1.165) is 23.6 Å². The molecular formula is C12H15N5. The van der Waals surface area contributed by atoms with Crippen LogP contribution in [0.5, 0.6) is 0 Å². The SMILES string of the molecule is CN1CCC[C@@H]1c1cnc(-c2ccn[nH]2)cn1. The van der Waals surface area contributed by atoms with Crippen molar-refractivity contribution in [2.75, 3.05) is 13.6 Å². The van der Waals surface area contributed by atoms with Crippen molar-refractivity contribution in [3.8, 4) is 11.4 Å². The Labute approximate surface area is 99.9 Å². The summed E-state index contributed by atoms with van der Waals surface area (Å²) in [5.41, 5.74) is 2.81. The zero-order valence-corrected chi connectivity index (χ0v) is 9.80. The van der Waals surface area contributed by atoms with Crippen molar-refractivity contribution in [3.63, 3.8) is 0 Å². The maximum Gasteiger partial charge on any atom is 0.106 e. The van der Waals surface area contributed by atoms with E-state index in [2.05, 4.69) is 32.1 Å². The third-order valence-corrected chi connectivity index (χ3v) is 3.31. The molecule has 0 unspecified atom stereocenters. The molecule has 0 aromatic carbocycles. The van der Waals surface area contributed by atoms with Crippen LogP contribution in [0.25, 0.3) is 11.4 Å². The Morgan fingerprint density at radius 2 is 2.29 bits per heavy atom. The highest BCUT2D eigenvalue weighted by Gasteiger charge is 2.23. The molecule has 0 radical (unpaired) electrons. The minimum absolute atomic E-state index is 0.429. The second-order valence-electron chi connectivity index (χ2n) is 4.44. The lowest BCUT2D eigenvalue weighted by molar-refractivity contribution is 0.311. The fourth-order valence-corrected chi connectivity index (χ4v) is 2.33. The zero-order valence-electron chi connectivity index (χ0n) is 9.80. The fourth-order valence-electron chi connectivity index (χ4n) is 2.33. The molecule has 2 aromatic heterocycles. The van der Waals surface area contributed by atoms with Crippen molar-refractivity contribution in [1.82, 2.24) is 25.1 Å². The molecule has 1 atom stereocenters. The van der Waals surface area contributed by atoms with Gasteiger partial charge in [-0.1, -0.05) is 0 Å². The number of rotatable bonds is 2. The first-order valence-corrected chi connectivity index (χ1v) is 5.86. The Bertz CT molecular complexity index is 476. The van der Waals surface area contributed by atoms with Crippen LogP contribution in [-0.4, -0.2) is 38.7 Å². The molecule has 5 heteroatoms. The molecule has 0 bridgehead atoms. The molecule has 3 heterocycles. The van der Waals surface area contributed by atoms with Crippen molar-refractivity contribution in [2.24, 2.45) is 0 Å². The van der Waals surface area contributed by atoms with E-state index in [-0.39, 0.29) is 0 Å². The van der Waals surface area contributed by atoms with Crippen molar-refractivity contribution in [2.45, 2.75) is 18.9 Å². The lowest BCUT2D eigenvalue weighted by atomic mass is 10.1. The first kappa shape index (κ1) is 10.4. The van der Waals surface area contributed by atoms with Gasteiger partial charge in [0.2, 0.25) is 0 Å². The van der Waals surface area contributed by atoms with Crippen LogP contribution in [0.4, 0.5) is 0 Å². The summed E-state index contributed by atoms with van der Waals surface area (Å²) in [6.07, 6.45) is 7.83. The summed E-state index contributed by atoms with van der Waals surface area (Å²) < 4.78 is 0. The Hall–Kier alpha value is -1.75. The minimum Gasteiger partial charge on any atom is -0.298 e. The molecule has 1 saturated heterocycles. The van der Waals surface area contributed by atoms with Gasteiger partial charge in [-0.15, -0.1) is 0 Å². The van der Waals surface area contributed by atoms with Gasteiger partial charge in [0, 0.05) is 6.20 Å². The molecule has 1 aliphatic heterocycles. The Morgan fingerprint density at radius 1 is 1.35 bits per heavy atom. The van der Waals surface area contributed by atoms with E-state index in [1.54, 1.807) is 6.20 Å². The molecule has 0 saturated carbocycles. The first-order valence-electron chi connectivity index (χ1n) is 5.86. The number of likely N-dealkylation sites (tertiary alicyclic amines) is 1. The van der Waals surface area contributed by atoms with Crippen LogP contribution in [0.3, 0.4) is 0 Å². The first-order chi connectivity index (χ1) is 8.34. The van der Waals surface area contributed by atoms with E-state index >= 15 is 0 Å². The van der Waals surface area contributed by atoms with Gasteiger partial charge in [0.05, 0.1) is 29.8 Å². The second kappa shape index (κ2) is 4.25. The highest BCUT2D eigenvalue weighted by Crippen LogP contribution is 2.28. The smallest absolute Gasteiger partial charge is 0.106 e. The summed E-state index contributed by atoms with van der Waals surface area (Å²) in [7, 11) is 2.14. The normalized spacial score (nSPS) is 20.9. The lowest BCUT2D eigenvalue weighted by Crippen LogP contribution is -2.18. The van der Waals surface area contributed by atoms with Gasteiger partial charge in [-0.05, 0) is 32.5 Å². The van der Waals surface area contributed by atoms with Gasteiger partial charge in [-0.3, -0.25) is 20.0 Å². The monoisotopic (exact) mass is 229 g/mol. The van der Waals surface area contributed by atoms with Gasteiger partial charge in [0.1, 0.15) is 5.69 Å². The third-order valence-electron chi connectivity index (χ3n) is 3.31. The third kappa shape index (κ3) is 1.93. The van der Waals surface area contributed by atoms with Gasteiger partial charge in [0.15, 0.2) is 0 Å². The Balaban J connectivity index is 1.85. The minimum atomic E-state index is 0.429. The quantitative estimate of drug-likeness (QED) is 0.850. The summed E-state index contributed by atoms with van der Waals surface area (Å²) in [4.78, 5) is 11.3. The summed E-state index contributed by atoms with van der Waals surface area (Å²) in [5, 5.41) is 6.80. The van der Waals surface area contributed by atoms with E-state index in [0.29, 0.717) is 6.04 Å². The molecule has 2 aromatic rings. The molecule has 1 N–H and O–H groups in total. The number of aromatic amines is 1. The fraction of sp³-hybridized carbons (Fsp3) is 0.417. The molecule has 1 aliphatic rings. The van der Waals surface area contributed by atoms with Gasteiger partial charge in [-0.25, -0.2) is 0 Å². The molecule has 88 valence electrons. The average molecular weight is 229 g/mol. The molecule has 1 fully saturated rings. The zero-order chi connectivity index (χ0) is 11.7. The predicted molar refractivity (Wildman–Crippen MR) is 64.2 cm³/mol. The van der Waals surface area contributed by atoms with Gasteiger partial charge >= 0.3 is 0 Å². The summed E-state index contributed by atoms with van der Waals surface area (Å²) in [5.74, 6) is 0. The van der Waals surface area contributed by atoms with Crippen LogP contribution in [0, 0.1) is 0 Å². The Kier molecular flexibility index (Phi) is 2.60. The van der Waals surface area contributed by atoms with Crippen LogP contribution >= 0.6 is 0 Å². The number of aromatic nitrogens is 4. The molecule has 3 rings (SSSR count). The van der Waals surface area contributed by atoms with Crippen molar-refractivity contribution in [3.05, 3.63) is 30.4 Å². The van der Waals surface area contributed by atoms with Gasteiger partial charge in [-0.2, -0.15) is 5.10 Å². The van der Waals surface area contributed by atoms with E-state index in [4.69, 9.17) is 0 Å². The van der Waals surface area contributed by atoms with Crippen LogP contribution in [0.1, 0.15) is 24.6 Å². The highest BCUT2D eigenvalue weighted by atomic mass is 15.2. The predicted octanol–water partition coefficient (Wildman–Crippen LogP) is 1.63. The summed E-state index contributed by atoms with van der Waals surface area (Å²) in [6.45, 7) is 1.15. The molecule has 17 heavy (non-hydrogen) atoms. The highest BCUT2D eigenvalue weighted by molar-refractivity contribution is 5.51. The van der Waals surface area contributed by atoms with E-state index in [1.165, 1.54) is 12.8 Å². The molecule has 0 amide bonds. The number of H-pyrrole nitrogens is 1. The molecule has 0 spiro atoms. The average Bonchev–Trinajstić information content (AvgIpc) is 3.00. The van der Waals surface area contributed by atoms with Crippen molar-refractivity contribution < 1.29 is 0 Å². The van der Waals surface area contributed by atoms with E-state index in [9.17, 15) is 0 Å². The molecular weight excluding hydrogens is 214 g/mol. The van der Waals surface area contributed by atoms with Crippen LogP contribution in [0.15, 0.2) is 24.7 Å². The maximum atomic E-state index is 4.52. The summed E-state index contributed by atoms with van der Waals surface area (Å²) >= 11 is 0. The van der Waals surface area contributed by atoms with Gasteiger partial charge in [0.25, 0.3) is 0 Å². The topological polar surface area (TPSA) is 57.7 Å². The van der Waals surface area contributed by atoms with Crippen molar-refractivity contribution >= 4 is 0 Å². The summed E-state index contributed by atoms with van der Waals surface area (Å²) in [6, 6.07) is 2.32. The van der Waals surface area contributed by atoms with Gasteiger partial charge < -0.3 is 0 Å². The number of nitrogens with one attached hydrogen (secondary N) is 1. The number of nitrogens with zero attached hydrogens (tertiary/aromatic N) is 4. The second-order valence-corrected chi connectivity index (χ2v) is 4.44. The van der Waals surface area contributed by atoms with Crippen LogP contribution in [0.2, 0.25) is 0 Å². The van der Waals surface area contributed by atoms with Crippen LogP contribution < -0.4 is 0 Å². The Morgan fingerprint density at radius 3 is 2.88 bits per heavy atom. The lowest BCUT2D eigenvalue weighted by Gasteiger charge is -2.18. The number of hydrogen-bond donors (Lipinski definition) is 1.